The van der Waals surface area contributed by atoms with Crippen molar-refractivity contribution in [3.63, 3.8) is 0 Å². The Kier molecular flexibility index (Phi) is 5.20. The maximum atomic E-state index is 12.7. The van der Waals surface area contributed by atoms with Crippen molar-refractivity contribution in [1.29, 1.82) is 0 Å². The Bertz CT molecular complexity index is 577. The van der Waals surface area contributed by atoms with E-state index in [9.17, 15) is 14.7 Å². The quantitative estimate of drug-likeness (QED) is 0.649. The molecule has 2 rings (SSSR count). The number of carbonyl (C=O) groups is 2. The molecule has 5 nitrogen and oxygen atoms in total. The van der Waals surface area contributed by atoms with Gasteiger partial charge in [-0.3, -0.25) is 9.59 Å². The summed E-state index contributed by atoms with van der Waals surface area (Å²) >= 11 is 0. The summed E-state index contributed by atoms with van der Waals surface area (Å²) in [6.45, 7) is 5.93. The summed E-state index contributed by atoms with van der Waals surface area (Å²) in [6.07, 6.45) is 5.44. The Morgan fingerprint density at radius 1 is 1.41 bits per heavy atom. The number of phenolic OH excluding ortho intramolecular Hbond substituents is 1. The number of benzene rings is 1. The van der Waals surface area contributed by atoms with E-state index in [1.54, 1.807) is 11.0 Å². The van der Waals surface area contributed by atoms with Gasteiger partial charge in [-0.15, -0.1) is 0 Å². The smallest absolute Gasteiger partial charge is 0.257 e. The van der Waals surface area contributed by atoms with Crippen molar-refractivity contribution in [2.75, 3.05) is 11.9 Å². The lowest BCUT2D eigenvalue weighted by atomic mass is 10.1. The second kappa shape index (κ2) is 7.11. The van der Waals surface area contributed by atoms with Crippen LogP contribution in [0.25, 0.3) is 0 Å². The molecule has 0 spiro atoms. The van der Waals surface area contributed by atoms with Gasteiger partial charge in [0.05, 0.1) is 5.56 Å². The first kappa shape index (κ1) is 16.1. The lowest BCUT2D eigenvalue weighted by Gasteiger charge is -2.28. The third-order valence-electron chi connectivity index (χ3n) is 4.05. The molecule has 2 N–H and O–H groups in total. The van der Waals surface area contributed by atoms with Gasteiger partial charge < -0.3 is 15.3 Å². The van der Waals surface area contributed by atoms with E-state index in [0.717, 1.165) is 31.8 Å². The van der Waals surface area contributed by atoms with Crippen molar-refractivity contribution in [2.45, 2.75) is 38.6 Å². The lowest BCUT2D eigenvalue weighted by molar-refractivity contribution is -0.111. The third kappa shape index (κ3) is 3.47. The van der Waals surface area contributed by atoms with E-state index in [0.29, 0.717) is 12.2 Å². The first-order valence-corrected chi connectivity index (χ1v) is 7.64. The minimum atomic E-state index is -0.354. The molecule has 0 unspecified atom stereocenters. The Balaban J connectivity index is 2.25. The molecular weight excluding hydrogens is 280 g/mol. The monoisotopic (exact) mass is 302 g/mol. The molecule has 22 heavy (non-hydrogen) atoms. The number of amides is 2. The zero-order valence-electron chi connectivity index (χ0n) is 12.8. The fourth-order valence-corrected chi connectivity index (χ4v) is 2.92. The molecule has 1 fully saturated rings. The summed E-state index contributed by atoms with van der Waals surface area (Å²) in [5.74, 6) is -0.619. The fraction of sp³-hybridized carbons (Fsp3) is 0.412. The molecule has 1 aromatic rings. The third-order valence-corrected chi connectivity index (χ3v) is 4.05. The van der Waals surface area contributed by atoms with Crippen molar-refractivity contribution in [2.24, 2.45) is 0 Å². The van der Waals surface area contributed by atoms with Crippen molar-refractivity contribution >= 4 is 17.5 Å². The molecule has 118 valence electrons. The zero-order chi connectivity index (χ0) is 16.1. The first-order chi connectivity index (χ1) is 10.6. The fourth-order valence-electron chi connectivity index (χ4n) is 2.92. The van der Waals surface area contributed by atoms with Crippen LogP contribution in [0.4, 0.5) is 5.69 Å². The van der Waals surface area contributed by atoms with E-state index in [1.165, 1.54) is 12.1 Å². The molecular formula is C17H22N2O3. The van der Waals surface area contributed by atoms with Gasteiger partial charge in [-0.25, -0.2) is 0 Å². The molecule has 0 aliphatic heterocycles. The van der Waals surface area contributed by atoms with Crippen molar-refractivity contribution in [1.82, 2.24) is 4.90 Å². The van der Waals surface area contributed by atoms with Crippen LogP contribution in [0.15, 0.2) is 30.9 Å². The topological polar surface area (TPSA) is 69.6 Å². The Morgan fingerprint density at radius 3 is 2.68 bits per heavy atom. The summed E-state index contributed by atoms with van der Waals surface area (Å²) < 4.78 is 0. The highest BCUT2D eigenvalue weighted by atomic mass is 16.3. The maximum absolute atomic E-state index is 12.7. The van der Waals surface area contributed by atoms with Gasteiger partial charge in [0, 0.05) is 18.3 Å². The van der Waals surface area contributed by atoms with E-state index < -0.39 is 0 Å². The second-order valence-corrected chi connectivity index (χ2v) is 5.45. The molecule has 2 amide bonds. The van der Waals surface area contributed by atoms with Gasteiger partial charge in [-0.05, 0) is 44.0 Å². The van der Waals surface area contributed by atoms with Gasteiger partial charge in [-0.1, -0.05) is 19.4 Å². The summed E-state index contributed by atoms with van der Waals surface area (Å²) in [4.78, 5) is 25.9. The summed E-state index contributed by atoms with van der Waals surface area (Å²) in [6, 6.07) is 4.73. The number of rotatable bonds is 5. The van der Waals surface area contributed by atoms with Crippen LogP contribution < -0.4 is 5.32 Å². The highest BCUT2D eigenvalue weighted by Gasteiger charge is 2.27. The van der Waals surface area contributed by atoms with E-state index in [-0.39, 0.29) is 29.2 Å². The molecule has 0 radical (unpaired) electrons. The summed E-state index contributed by atoms with van der Waals surface area (Å²) in [5, 5.41) is 12.6. The van der Waals surface area contributed by atoms with E-state index in [2.05, 4.69) is 11.9 Å². The first-order valence-electron chi connectivity index (χ1n) is 7.64. The molecule has 0 aromatic heterocycles. The largest absolute Gasteiger partial charge is 0.507 e. The minimum absolute atomic E-state index is 0.0713. The number of hydrogen-bond donors (Lipinski definition) is 2. The number of hydrogen-bond acceptors (Lipinski definition) is 3. The van der Waals surface area contributed by atoms with Gasteiger partial charge in [0.25, 0.3) is 5.91 Å². The molecule has 1 aliphatic carbocycles. The number of carbonyl (C=O) groups excluding carboxylic acids is 2. The minimum Gasteiger partial charge on any atom is -0.507 e. The standard InChI is InChI=1S/C17H22N2O3/c1-3-16(21)18-12-9-10-15(20)14(11-12)17(22)19(4-2)13-7-5-6-8-13/h3,9-11,13,20H,1,4-8H2,2H3,(H,18,21). The van der Waals surface area contributed by atoms with E-state index in [4.69, 9.17) is 0 Å². The van der Waals surface area contributed by atoms with Crippen LogP contribution in [-0.2, 0) is 4.79 Å². The molecule has 1 saturated carbocycles. The lowest BCUT2D eigenvalue weighted by Crippen LogP contribution is -2.38. The number of anilines is 1. The Hall–Kier alpha value is -2.30. The van der Waals surface area contributed by atoms with E-state index >= 15 is 0 Å². The number of aromatic hydroxyl groups is 1. The SMILES string of the molecule is C=CC(=O)Nc1ccc(O)c(C(=O)N(CC)C2CCCC2)c1. The van der Waals surface area contributed by atoms with Crippen LogP contribution in [0.5, 0.6) is 5.75 Å². The van der Waals surface area contributed by atoms with Gasteiger partial charge in [0.2, 0.25) is 5.91 Å². The number of nitrogens with one attached hydrogen (secondary N) is 1. The van der Waals surface area contributed by atoms with Crippen molar-refractivity contribution in [3.8, 4) is 5.75 Å². The number of nitrogens with zero attached hydrogens (tertiary/aromatic N) is 1. The van der Waals surface area contributed by atoms with Gasteiger partial charge in [-0.2, -0.15) is 0 Å². The molecule has 0 heterocycles. The van der Waals surface area contributed by atoms with Crippen LogP contribution in [0.2, 0.25) is 0 Å². The normalized spacial score (nSPS) is 14.6. The summed E-state index contributed by atoms with van der Waals surface area (Å²) in [7, 11) is 0. The Morgan fingerprint density at radius 2 is 2.09 bits per heavy atom. The van der Waals surface area contributed by atoms with Crippen LogP contribution in [0, 0.1) is 0 Å². The predicted molar refractivity (Wildman–Crippen MR) is 85.9 cm³/mol. The maximum Gasteiger partial charge on any atom is 0.257 e. The van der Waals surface area contributed by atoms with Crippen molar-refractivity contribution in [3.05, 3.63) is 36.4 Å². The molecule has 0 saturated heterocycles. The van der Waals surface area contributed by atoms with Gasteiger partial charge in [0.15, 0.2) is 0 Å². The van der Waals surface area contributed by atoms with E-state index in [1.807, 2.05) is 6.92 Å². The average Bonchev–Trinajstić information content (AvgIpc) is 3.03. The second-order valence-electron chi connectivity index (χ2n) is 5.45. The van der Waals surface area contributed by atoms with Crippen LogP contribution >= 0.6 is 0 Å². The van der Waals surface area contributed by atoms with Crippen LogP contribution in [-0.4, -0.2) is 34.4 Å². The average molecular weight is 302 g/mol. The highest BCUT2D eigenvalue weighted by Crippen LogP contribution is 2.28. The molecule has 0 bridgehead atoms. The Labute approximate surface area is 130 Å². The highest BCUT2D eigenvalue weighted by molar-refractivity contribution is 6.02. The molecule has 5 heteroatoms. The van der Waals surface area contributed by atoms with Crippen molar-refractivity contribution < 1.29 is 14.7 Å². The molecule has 1 aromatic carbocycles. The van der Waals surface area contributed by atoms with Gasteiger partial charge in [0.1, 0.15) is 5.75 Å². The number of phenols is 1. The molecule has 0 atom stereocenters. The predicted octanol–water partition coefficient (Wildman–Crippen LogP) is 2.92. The molecule has 1 aliphatic rings. The van der Waals surface area contributed by atoms with Crippen LogP contribution in [0.1, 0.15) is 43.0 Å². The van der Waals surface area contributed by atoms with Gasteiger partial charge >= 0.3 is 0 Å². The zero-order valence-corrected chi connectivity index (χ0v) is 12.8. The summed E-state index contributed by atoms with van der Waals surface area (Å²) in [5.41, 5.74) is 0.684. The van der Waals surface area contributed by atoms with Crippen LogP contribution in [0.3, 0.4) is 0 Å².